The summed E-state index contributed by atoms with van der Waals surface area (Å²) in [7, 11) is 0. The van der Waals surface area contributed by atoms with Crippen molar-refractivity contribution in [3.63, 3.8) is 0 Å². The number of hydrogen-bond donors (Lipinski definition) is 2. The molecule has 1 fully saturated rings. The number of hydrogen-bond acceptors (Lipinski definition) is 5. The molecule has 0 atom stereocenters. The predicted molar refractivity (Wildman–Crippen MR) is 127 cm³/mol. The summed E-state index contributed by atoms with van der Waals surface area (Å²) in [5.41, 5.74) is 1.61. The Balaban J connectivity index is 1.70. The number of thiocarbonyl (C=S) groups is 1. The van der Waals surface area contributed by atoms with Crippen LogP contribution in [0.15, 0.2) is 72.4 Å². The van der Waals surface area contributed by atoms with Gasteiger partial charge in [-0.2, -0.15) is 0 Å². The highest BCUT2D eigenvalue weighted by Gasteiger charge is 2.34. The number of benzene rings is 2. The van der Waals surface area contributed by atoms with Crippen LogP contribution in [0.1, 0.15) is 23.0 Å². The molecule has 33 heavy (non-hydrogen) atoms. The maximum atomic E-state index is 13.3. The van der Waals surface area contributed by atoms with E-state index >= 15 is 0 Å². The topological polar surface area (TPSA) is 101 Å². The highest BCUT2D eigenvalue weighted by Crippen LogP contribution is 2.25. The van der Waals surface area contributed by atoms with Gasteiger partial charge < -0.3 is 14.4 Å². The van der Waals surface area contributed by atoms with Gasteiger partial charge in [0.1, 0.15) is 11.3 Å². The average molecular weight is 461 g/mol. The van der Waals surface area contributed by atoms with Crippen LogP contribution in [0.3, 0.4) is 0 Å². The number of aromatic nitrogens is 1. The summed E-state index contributed by atoms with van der Waals surface area (Å²) in [4.78, 5) is 38.5. The fourth-order valence-electron chi connectivity index (χ4n) is 3.43. The molecule has 1 aliphatic heterocycles. The molecule has 2 N–H and O–H groups in total. The van der Waals surface area contributed by atoms with Gasteiger partial charge in [0, 0.05) is 17.6 Å². The summed E-state index contributed by atoms with van der Waals surface area (Å²) in [5, 5.41) is 11.8. The largest absolute Gasteiger partial charge is 0.494 e. The van der Waals surface area contributed by atoms with Crippen molar-refractivity contribution in [3.05, 3.63) is 83.7 Å². The minimum Gasteiger partial charge on any atom is -0.494 e. The van der Waals surface area contributed by atoms with E-state index in [1.165, 1.54) is 23.1 Å². The number of amides is 2. The van der Waals surface area contributed by atoms with Crippen LogP contribution in [0, 0.1) is 0 Å². The molecule has 1 aliphatic rings. The molecule has 4 rings (SSSR count). The highest BCUT2D eigenvalue weighted by molar-refractivity contribution is 7.80. The Labute approximate surface area is 194 Å². The molecular weight excluding hydrogens is 442 g/mol. The Hall–Kier alpha value is -4.24. The van der Waals surface area contributed by atoms with E-state index in [-0.39, 0.29) is 16.2 Å². The first-order chi connectivity index (χ1) is 15.9. The van der Waals surface area contributed by atoms with Crippen LogP contribution in [0.25, 0.3) is 11.8 Å². The van der Waals surface area contributed by atoms with Gasteiger partial charge in [-0.15, -0.1) is 0 Å². The Bertz CT molecular complexity index is 1290. The predicted octanol–water partition coefficient (Wildman–Crippen LogP) is 3.41. The van der Waals surface area contributed by atoms with Crippen LogP contribution < -0.4 is 15.0 Å². The van der Waals surface area contributed by atoms with Gasteiger partial charge in [-0.3, -0.25) is 19.8 Å². The van der Waals surface area contributed by atoms with E-state index in [9.17, 15) is 19.5 Å². The van der Waals surface area contributed by atoms with Crippen LogP contribution in [-0.2, 0) is 9.59 Å². The lowest BCUT2D eigenvalue weighted by molar-refractivity contribution is -0.122. The van der Waals surface area contributed by atoms with Gasteiger partial charge in [0.25, 0.3) is 11.8 Å². The van der Waals surface area contributed by atoms with Gasteiger partial charge in [0.05, 0.1) is 17.9 Å². The molecule has 2 aromatic carbocycles. The number of anilines is 1. The molecule has 0 bridgehead atoms. The lowest BCUT2D eigenvalue weighted by atomic mass is 10.1. The van der Waals surface area contributed by atoms with Crippen molar-refractivity contribution in [2.24, 2.45) is 0 Å². The monoisotopic (exact) mass is 461 g/mol. The van der Waals surface area contributed by atoms with Gasteiger partial charge in [-0.25, -0.2) is 4.79 Å². The second-order valence-corrected chi connectivity index (χ2v) is 7.43. The second-order valence-electron chi connectivity index (χ2n) is 7.04. The number of ether oxygens (including phenoxy) is 1. The summed E-state index contributed by atoms with van der Waals surface area (Å²) in [5.74, 6) is -1.58. The zero-order chi connectivity index (χ0) is 23.5. The number of carbonyl (C=O) groups excluding carboxylic acids is 2. The van der Waals surface area contributed by atoms with Crippen LogP contribution in [0.2, 0.25) is 0 Å². The zero-order valence-corrected chi connectivity index (χ0v) is 18.3. The van der Waals surface area contributed by atoms with Crippen molar-refractivity contribution in [2.75, 3.05) is 11.5 Å². The molecule has 3 aromatic rings. The number of nitrogens with zero attached hydrogens (tertiary/aromatic N) is 2. The van der Waals surface area contributed by atoms with E-state index in [0.717, 1.165) is 0 Å². The van der Waals surface area contributed by atoms with Crippen LogP contribution in [0.4, 0.5) is 5.69 Å². The fraction of sp³-hybridized carbons (Fsp3) is 0.0833. The molecule has 166 valence electrons. The summed E-state index contributed by atoms with van der Waals surface area (Å²) in [6.07, 6.45) is 3.17. The minimum absolute atomic E-state index is 0.0177. The van der Waals surface area contributed by atoms with E-state index < -0.39 is 17.8 Å². The standard InChI is InChI=1S/C24H19N3O5S/c1-2-32-19-10-8-16(9-11-19)27-22(29)20(21(28)25-24(27)33)14-18-7-4-12-26(18)17-6-3-5-15(13-17)23(30)31/h3-14H,2H2,1H3,(H,30,31)(H,25,28,33)/b20-14+. The lowest BCUT2D eigenvalue weighted by Crippen LogP contribution is -2.54. The fourth-order valence-corrected chi connectivity index (χ4v) is 3.71. The van der Waals surface area contributed by atoms with E-state index in [0.29, 0.717) is 29.4 Å². The van der Waals surface area contributed by atoms with Crippen molar-refractivity contribution in [3.8, 4) is 11.4 Å². The summed E-state index contributed by atoms with van der Waals surface area (Å²) >= 11 is 5.24. The third-order valence-corrected chi connectivity index (χ3v) is 5.24. The van der Waals surface area contributed by atoms with Gasteiger partial charge in [0.15, 0.2) is 5.11 Å². The van der Waals surface area contributed by atoms with Crippen LogP contribution in [-0.4, -0.2) is 39.2 Å². The number of carboxylic acid groups (broad SMARTS) is 1. The number of carbonyl (C=O) groups is 3. The normalized spacial score (nSPS) is 15.0. The third kappa shape index (κ3) is 4.39. The lowest BCUT2D eigenvalue weighted by Gasteiger charge is -2.29. The van der Waals surface area contributed by atoms with Crippen molar-refractivity contribution in [1.29, 1.82) is 0 Å². The van der Waals surface area contributed by atoms with Crippen LogP contribution in [0.5, 0.6) is 5.75 Å². The molecule has 0 aliphatic carbocycles. The molecule has 0 unspecified atom stereocenters. The molecular formula is C24H19N3O5S. The smallest absolute Gasteiger partial charge is 0.335 e. The van der Waals surface area contributed by atoms with Crippen molar-refractivity contribution in [2.45, 2.75) is 6.92 Å². The number of carboxylic acids is 1. The minimum atomic E-state index is -1.05. The second kappa shape index (κ2) is 9.09. The molecule has 1 aromatic heterocycles. The van der Waals surface area contributed by atoms with Crippen molar-refractivity contribution >= 4 is 46.9 Å². The van der Waals surface area contributed by atoms with Gasteiger partial charge in [0.2, 0.25) is 0 Å². The summed E-state index contributed by atoms with van der Waals surface area (Å²) < 4.78 is 7.12. The number of rotatable bonds is 6. The first-order valence-corrected chi connectivity index (χ1v) is 10.4. The van der Waals surface area contributed by atoms with Gasteiger partial charge >= 0.3 is 5.97 Å². The maximum absolute atomic E-state index is 13.3. The molecule has 2 heterocycles. The molecule has 1 saturated heterocycles. The van der Waals surface area contributed by atoms with Gasteiger partial charge in [-0.05, 0) is 79.8 Å². The Morgan fingerprint density at radius 3 is 2.55 bits per heavy atom. The highest BCUT2D eigenvalue weighted by atomic mass is 32.1. The van der Waals surface area contributed by atoms with Gasteiger partial charge in [-0.1, -0.05) is 6.07 Å². The SMILES string of the molecule is CCOc1ccc(N2C(=O)/C(=C/c3cccn3-c3cccc(C(=O)O)c3)C(=O)NC2=S)cc1. The van der Waals surface area contributed by atoms with E-state index in [1.807, 2.05) is 6.92 Å². The first kappa shape index (κ1) is 22.0. The third-order valence-electron chi connectivity index (χ3n) is 4.95. The first-order valence-electron chi connectivity index (χ1n) is 10.0. The molecule has 8 nitrogen and oxygen atoms in total. The maximum Gasteiger partial charge on any atom is 0.335 e. The van der Waals surface area contributed by atoms with E-state index in [4.69, 9.17) is 17.0 Å². The number of aromatic carboxylic acids is 1. The Kier molecular flexibility index (Phi) is 6.05. The molecule has 2 amide bonds. The summed E-state index contributed by atoms with van der Waals surface area (Å²) in [6.45, 7) is 2.38. The van der Waals surface area contributed by atoms with Crippen LogP contribution >= 0.6 is 12.2 Å². The van der Waals surface area contributed by atoms with E-state index in [1.54, 1.807) is 59.3 Å². The molecule has 0 saturated carbocycles. The van der Waals surface area contributed by atoms with Crippen molar-refractivity contribution in [1.82, 2.24) is 9.88 Å². The Morgan fingerprint density at radius 2 is 1.85 bits per heavy atom. The molecule has 0 spiro atoms. The quantitative estimate of drug-likeness (QED) is 0.332. The van der Waals surface area contributed by atoms with Crippen molar-refractivity contribution < 1.29 is 24.2 Å². The zero-order valence-electron chi connectivity index (χ0n) is 17.5. The van der Waals surface area contributed by atoms with E-state index in [2.05, 4.69) is 5.32 Å². The number of nitrogens with one attached hydrogen (secondary N) is 1. The average Bonchev–Trinajstić information content (AvgIpc) is 3.26. The molecule has 0 radical (unpaired) electrons. The Morgan fingerprint density at radius 1 is 1.09 bits per heavy atom. The molecule has 9 heteroatoms. The summed E-state index contributed by atoms with van der Waals surface area (Å²) in [6, 6.07) is 16.6.